The van der Waals surface area contributed by atoms with Gasteiger partial charge in [0.05, 0.1) is 11.4 Å². The van der Waals surface area contributed by atoms with Crippen LogP contribution >= 0.6 is 0 Å². The van der Waals surface area contributed by atoms with Crippen molar-refractivity contribution in [3.05, 3.63) is 64.5 Å². The molecule has 1 N–H and O–H groups in total. The summed E-state index contributed by atoms with van der Waals surface area (Å²) >= 11 is 0. The minimum atomic E-state index is 0. The second-order valence-corrected chi connectivity index (χ2v) is 13.3. The topological polar surface area (TPSA) is 7.68 Å². The van der Waals surface area contributed by atoms with Gasteiger partial charge in [0, 0.05) is 24.8 Å². The fourth-order valence-corrected chi connectivity index (χ4v) is 8.55. The highest BCUT2D eigenvalue weighted by molar-refractivity contribution is 5.75. The third-order valence-corrected chi connectivity index (χ3v) is 9.88. The molecule has 0 amide bonds. The number of rotatable bonds is 5. The van der Waals surface area contributed by atoms with Crippen molar-refractivity contribution in [2.45, 2.75) is 103 Å². The zero-order valence-corrected chi connectivity index (χ0v) is 23.5. The first-order valence-electron chi connectivity index (χ1n) is 14.2. The molecule has 6 aliphatic rings. The van der Waals surface area contributed by atoms with E-state index in [1.165, 1.54) is 72.2 Å². The lowest BCUT2D eigenvalue weighted by Gasteiger charge is -2.57. The largest absolute Gasteiger partial charge is 1.00 e. The van der Waals surface area contributed by atoms with Gasteiger partial charge >= 0.3 is 0 Å². The SMILES string of the molecule is CC(C)c1cc(C(C)C)c(C2=CC=CC3=C[NH+](C45CC6CC(CC(C6)C4)C5)CN32)c(C(C)C)c1.[Cl-]. The molecule has 190 valence electrons. The second kappa shape index (κ2) is 9.10. The van der Waals surface area contributed by atoms with E-state index in [0.29, 0.717) is 23.3 Å². The van der Waals surface area contributed by atoms with Crippen LogP contribution in [-0.2, 0) is 0 Å². The summed E-state index contributed by atoms with van der Waals surface area (Å²) in [5, 5.41) is 0. The Morgan fingerprint density at radius 2 is 1.37 bits per heavy atom. The van der Waals surface area contributed by atoms with E-state index in [4.69, 9.17) is 0 Å². The van der Waals surface area contributed by atoms with Gasteiger partial charge in [0.2, 0.25) is 0 Å². The van der Waals surface area contributed by atoms with E-state index in [9.17, 15) is 0 Å². The van der Waals surface area contributed by atoms with Crippen LogP contribution in [0.15, 0.2) is 42.3 Å². The summed E-state index contributed by atoms with van der Waals surface area (Å²) in [7, 11) is 0. The molecule has 4 fully saturated rings. The number of halogens is 1. The lowest BCUT2D eigenvalue weighted by molar-refractivity contribution is -0.912. The monoisotopic (exact) mass is 492 g/mol. The van der Waals surface area contributed by atoms with E-state index in [1.54, 1.807) is 4.90 Å². The van der Waals surface area contributed by atoms with Crippen LogP contribution in [0.4, 0.5) is 0 Å². The third kappa shape index (κ3) is 4.13. The normalized spacial score (nSPS) is 32.9. The zero-order chi connectivity index (χ0) is 23.8. The van der Waals surface area contributed by atoms with Crippen LogP contribution in [-0.4, -0.2) is 17.1 Å². The van der Waals surface area contributed by atoms with E-state index in [0.717, 1.165) is 24.4 Å². The number of hydrogen-bond acceptors (Lipinski definition) is 1. The summed E-state index contributed by atoms with van der Waals surface area (Å²) in [4.78, 5) is 4.44. The molecule has 2 aliphatic heterocycles. The molecule has 4 aliphatic carbocycles. The zero-order valence-electron chi connectivity index (χ0n) is 22.7. The molecular formula is C32H45ClN2. The van der Waals surface area contributed by atoms with Gasteiger partial charge < -0.3 is 12.4 Å². The predicted molar refractivity (Wildman–Crippen MR) is 142 cm³/mol. The molecule has 4 saturated carbocycles. The molecule has 35 heavy (non-hydrogen) atoms. The van der Waals surface area contributed by atoms with E-state index in [2.05, 4.69) is 83.0 Å². The number of nitrogens with zero attached hydrogens (tertiary/aromatic N) is 1. The van der Waals surface area contributed by atoms with Crippen LogP contribution in [0.25, 0.3) is 5.70 Å². The molecule has 0 aromatic heterocycles. The summed E-state index contributed by atoms with van der Waals surface area (Å²) in [5.74, 6) is 4.60. The summed E-state index contributed by atoms with van der Waals surface area (Å²) in [5.41, 5.74) is 9.42. The minimum Gasteiger partial charge on any atom is -1.00 e. The van der Waals surface area contributed by atoms with Crippen molar-refractivity contribution >= 4 is 5.70 Å². The molecular weight excluding hydrogens is 448 g/mol. The first-order chi connectivity index (χ1) is 16.2. The molecule has 7 rings (SSSR count). The highest BCUT2D eigenvalue weighted by Crippen LogP contribution is 2.55. The Morgan fingerprint density at radius 3 is 1.86 bits per heavy atom. The van der Waals surface area contributed by atoms with E-state index < -0.39 is 0 Å². The number of allylic oxidation sites excluding steroid dienone is 3. The molecule has 1 aromatic rings. The van der Waals surface area contributed by atoms with Crippen LogP contribution in [0.5, 0.6) is 0 Å². The standard InChI is InChI=1S/C32H44N2.ClH/c1-20(2)26-13-28(21(3)4)31(29(14-26)22(5)6)30-9-7-8-27-18-33(19-34(27)30)32-15-23-10-24(16-32)12-25(11-23)17-32;/h7-9,13-14,18,20-25H,10-12,15-17,19H2,1-6H3;1H. The Morgan fingerprint density at radius 1 is 0.829 bits per heavy atom. The number of fused-ring (bicyclic) bond motifs is 1. The fraction of sp³-hybridized carbons (Fsp3) is 0.625. The van der Waals surface area contributed by atoms with Gasteiger partial charge in [-0.15, -0.1) is 0 Å². The van der Waals surface area contributed by atoms with Gasteiger partial charge in [-0.2, -0.15) is 0 Å². The van der Waals surface area contributed by atoms with Crippen molar-refractivity contribution in [1.82, 2.24) is 4.90 Å². The molecule has 0 saturated heterocycles. The second-order valence-electron chi connectivity index (χ2n) is 13.3. The summed E-state index contributed by atoms with van der Waals surface area (Å²) < 4.78 is 0. The number of nitrogens with one attached hydrogen (secondary N) is 1. The van der Waals surface area contributed by atoms with E-state index >= 15 is 0 Å². The maximum Gasteiger partial charge on any atom is 0.162 e. The molecule has 1 unspecified atom stereocenters. The maximum absolute atomic E-state index is 2.68. The maximum atomic E-state index is 2.68. The Kier molecular flexibility index (Phi) is 6.54. The Labute approximate surface area is 219 Å². The lowest BCUT2D eigenvalue weighted by atomic mass is 9.52. The van der Waals surface area contributed by atoms with Gasteiger partial charge in [-0.1, -0.05) is 59.8 Å². The summed E-state index contributed by atoms with van der Waals surface area (Å²) in [6.07, 6.45) is 18.7. The van der Waals surface area contributed by atoms with Crippen molar-refractivity contribution in [2.24, 2.45) is 17.8 Å². The highest BCUT2D eigenvalue weighted by atomic mass is 35.5. The molecule has 0 spiro atoms. The molecule has 4 bridgehead atoms. The van der Waals surface area contributed by atoms with Crippen molar-refractivity contribution in [3.8, 4) is 0 Å². The molecule has 1 atom stereocenters. The Hall–Kier alpha value is -1.51. The molecule has 2 nitrogen and oxygen atoms in total. The fourth-order valence-electron chi connectivity index (χ4n) is 8.55. The van der Waals surface area contributed by atoms with E-state index in [-0.39, 0.29) is 12.4 Å². The summed E-state index contributed by atoms with van der Waals surface area (Å²) in [6, 6.07) is 5.03. The quantitative estimate of drug-likeness (QED) is 0.654. The molecule has 2 heterocycles. The Balaban J connectivity index is 0.00000253. The van der Waals surface area contributed by atoms with Crippen LogP contribution < -0.4 is 17.3 Å². The first kappa shape index (κ1) is 25.2. The van der Waals surface area contributed by atoms with Crippen molar-refractivity contribution in [1.29, 1.82) is 0 Å². The van der Waals surface area contributed by atoms with Gasteiger partial charge in [-0.05, 0) is 83.6 Å². The Bertz CT molecular complexity index is 1010. The molecule has 0 radical (unpaired) electrons. The predicted octanol–water partition coefficient (Wildman–Crippen LogP) is 3.94. The van der Waals surface area contributed by atoms with Gasteiger partial charge in [0.1, 0.15) is 11.7 Å². The summed E-state index contributed by atoms with van der Waals surface area (Å²) in [6.45, 7) is 15.3. The molecule has 3 heteroatoms. The minimum absolute atomic E-state index is 0. The first-order valence-corrected chi connectivity index (χ1v) is 14.2. The van der Waals surface area contributed by atoms with E-state index in [1.807, 2.05) is 0 Å². The van der Waals surface area contributed by atoms with Gasteiger partial charge in [-0.3, -0.25) is 9.80 Å². The van der Waals surface area contributed by atoms with Crippen molar-refractivity contribution in [3.63, 3.8) is 0 Å². The lowest BCUT2D eigenvalue weighted by Crippen LogP contribution is -3.17. The van der Waals surface area contributed by atoms with Crippen molar-refractivity contribution in [2.75, 3.05) is 6.67 Å². The molecule has 1 aromatic carbocycles. The average Bonchev–Trinajstić information content (AvgIpc) is 3.22. The smallest absolute Gasteiger partial charge is 0.162 e. The van der Waals surface area contributed by atoms with Gasteiger partial charge in [-0.25, -0.2) is 0 Å². The average molecular weight is 493 g/mol. The van der Waals surface area contributed by atoms with Gasteiger partial charge in [0.15, 0.2) is 6.67 Å². The number of hydrogen-bond donors (Lipinski definition) is 1. The third-order valence-electron chi connectivity index (χ3n) is 9.88. The van der Waals surface area contributed by atoms with Crippen LogP contribution in [0.1, 0.15) is 120 Å². The van der Waals surface area contributed by atoms with Crippen molar-refractivity contribution < 1.29 is 17.3 Å². The van der Waals surface area contributed by atoms with Gasteiger partial charge in [0.25, 0.3) is 0 Å². The number of benzene rings is 1. The van der Waals surface area contributed by atoms with Crippen LogP contribution in [0.3, 0.4) is 0 Å². The number of quaternary nitrogens is 1. The highest BCUT2D eigenvalue weighted by Gasteiger charge is 2.57. The van der Waals surface area contributed by atoms with Crippen LogP contribution in [0.2, 0.25) is 0 Å². The van der Waals surface area contributed by atoms with Crippen LogP contribution in [0, 0.1) is 17.8 Å².